The zero-order chi connectivity index (χ0) is 23.0. The van der Waals surface area contributed by atoms with Gasteiger partial charge in [-0.2, -0.15) is 0 Å². The predicted octanol–water partition coefficient (Wildman–Crippen LogP) is 2.05. The molecule has 3 aliphatic rings. The van der Waals surface area contributed by atoms with Gasteiger partial charge in [0, 0.05) is 31.3 Å². The zero-order valence-corrected chi connectivity index (χ0v) is 18.2. The Kier molecular flexibility index (Phi) is 5.95. The Balaban J connectivity index is 1.32. The molecule has 3 atom stereocenters. The van der Waals surface area contributed by atoms with Gasteiger partial charge in [-0.15, -0.1) is 0 Å². The Labute approximate surface area is 186 Å². The lowest BCUT2D eigenvalue weighted by atomic mass is 9.85. The molecule has 0 spiro atoms. The second kappa shape index (κ2) is 8.68. The normalized spacial score (nSPS) is 22.6. The van der Waals surface area contributed by atoms with E-state index >= 15 is 0 Å². The summed E-state index contributed by atoms with van der Waals surface area (Å²) in [4.78, 5) is 64.5. The van der Waals surface area contributed by atoms with Crippen molar-refractivity contribution >= 4 is 35.2 Å². The summed E-state index contributed by atoms with van der Waals surface area (Å²) in [7, 11) is 0. The molecule has 32 heavy (non-hydrogen) atoms. The van der Waals surface area contributed by atoms with Crippen molar-refractivity contribution in [2.75, 3.05) is 18.0 Å². The molecule has 0 bridgehead atoms. The summed E-state index contributed by atoms with van der Waals surface area (Å²) in [6.07, 6.45) is 4.43. The molecule has 0 saturated carbocycles. The van der Waals surface area contributed by atoms with Crippen LogP contribution in [0.15, 0.2) is 30.4 Å². The quantitative estimate of drug-likeness (QED) is 0.292. The number of imide groups is 1. The van der Waals surface area contributed by atoms with Crippen LogP contribution in [0, 0.1) is 11.8 Å². The van der Waals surface area contributed by atoms with E-state index in [1.807, 2.05) is 12.2 Å². The van der Waals surface area contributed by atoms with Crippen molar-refractivity contribution in [2.45, 2.75) is 45.6 Å². The number of benzene rings is 1. The molecule has 1 aromatic rings. The zero-order valence-electron chi connectivity index (χ0n) is 18.2. The number of hydrogen-bond donors (Lipinski definition) is 0. The number of likely N-dealkylation sites (tertiary alicyclic amines) is 1. The van der Waals surface area contributed by atoms with Gasteiger partial charge in [-0.25, -0.2) is 0 Å². The van der Waals surface area contributed by atoms with Crippen LogP contribution in [0.2, 0.25) is 0 Å². The lowest BCUT2D eigenvalue weighted by molar-refractivity contribution is -0.148. The van der Waals surface area contributed by atoms with Gasteiger partial charge < -0.3 is 9.64 Å². The van der Waals surface area contributed by atoms with Crippen molar-refractivity contribution in [3.8, 4) is 0 Å². The molecule has 4 rings (SSSR count). The molecule has 1 aromatic carbocycles. The molecule has 8 heteroatoms. The van der Waals surface area contributed by atoms with Crippen LogP contribution in [0.5, 0.6) is 0 Å². The molecule has 1 aliphatic carbocycles. The second-order valence-corrected chi connectivity index (χ2v) is 8.49. The highest BCUT2D eigenvalue weighted by atomic mass is 16.5. The maximum Gasteiger partial charge on any atom is 0.308 e. The van der Waals surface area contributed by atoms with E-state index in [2.05, 4.69) is 0 Å². The van der Waals surface area contributed by atoms with Crippen molar-refractivity contribution in [3.05, 3.63) is 41.5 Å². The molecule has 3 amide bonds. The van der Waals surface area contributed by atoms with Gasteiger partial charge in [0.1, 0.15) is 0 Å². The summed E-state index contributed by atoms with van der Waals surface area (Å²) in [6.45, 7) is 3.55. The highest BCUT2D eigenvalue weighted by Gasteiger charge is 2.47. The van der Waals surface area contributed by atoms with Crippen molar-refractivity contribution in [2.24, 2.45) is 11.8 Å². The topological polar surface area (TPSA) is 101 Å². The van der Waals surface area contributed by atoms with Crippen molar-refractivity contribution in [1.29, 1.82) is 0 Å². The smallest absolute Gasteiger partial charge is 0.308 e. The van der Waals surface area contributed by atoms with Crippen LogP contribution in [0.1, 0.15) is 49.0 Å². The van der Waals surface area contributed by atoms with Crippen LogP contribution in [0.3, 0.4) is 0 Å². The number of esters is 1. The number of ether oxygens (including phenoxy) is 1. The maximum absolute atomic E-state index is 12.7. The molecule has 0 unspecified atom stereocenters. The minimum Gasteiger partial charge on any atom is -0.454 e. The van der Waals surface area contributed by atoms with Crippen LogP contribution < -0.4 is 4.90 Å². The molecule has 168 valence electrons. The van der Waals surface area contributed by atoms with Crippen LogP contribution in [-0.2, 0) is 30.3 Å². The Morgan fingerprint density at radius 1 is 1.09 bits per heavy atom. The lowest BCUT2D eigenvalue weighted by Gasteiger charge is -2.17. The first-order chi connectivity index (χ1) is 15.3. The predicted molar refractivity (Wildman–Crippen MR) is 115 cm³/mol. The number of fused-ring (bicyclic) bond motifs is 2. The molecule has 2 heterocycles. The number of hydrogen-bond acceptors (Lipinski definition) is 6. The third-order valence-corrected chi connectivity index (χ3v) is 6.46. The number of allylic oxidation sites excluding steroid dienone is 2. The number of anilines is 1. The van der Waals surface area contributed by atoms with Crippen LogP contribution in [0.25, 0.3) is 0 Å². The summed E-state index contributed by atoms with van der Waals surface area (Å²) in [6, 6.07) is 5.11. The van der Waals surface area contributed by atoms with Crippen molar-refractivity contribution in [3.63, 3.8) is 0 Å². The number of ketones is 1. The number of amides is 3. The van der Waals surface area contributed by atoms with E-state index in [1.165, 1.54) is 13.8 Å². The fraction of sp³-hybridized carbons (Fsp3) is 0.458. The van der Waals surface area contributed by atoms with Gasteiger partial charge in [0.15, 0.2) is 6.10 Å². The Bertz CT molecular complexity index is 1000. The van der Waals surface area contributed by atoms with E-state index in [0.717, 1.165) is 16.2 Å². The fourth-order valence-electron chi connectivity index (χ4n) is 4.72. The molecule has 8 nitrogen and oxygen atoms in total. The van der Waals surface area contributed by atoms with E-state index in [4.69, 9.17) is 4.74 Å². The van der Waals surface area contributed by atoms with E-state index in [-0.39, 0.29) is 48.3 Å². The molecule has 1 fully saturated rings. The molecular weight excluding hydrogens is 412 g/mol. The Morgan fingerprint density at radius 2 is 1.75 bits per heavy atom. The molecular formula is C24H26N2O6. The van der Waals surface area contributed by atoms with Gasteiger partial charge in [0.2, 0.25) is 23.5 Å². The highest BCUT2D eigenvalue weighted by Crippen LogP contribution is 2.35. The summed E-state index contributed by atoms with van der Waals surface area (Å²) in [5.74, 6) is -2.16. The molecule has 0 aromatic heterocycles. The summed E-state index contributed by atoms with van der Waals surface area (Å²) >= 11 is 0. The second-order valence-electron chi connectivity index (χ2n) is 8.49. The number of carbonyl (C=O) groups is 5. The SMILES string of the molecule is CC(=O)N1CCc2cc(C(=O)[C@H](C)OC(=O)CCN3C(=O)[C@@H]4CC=CC[C@H]4C3=O)ccc21. The summed E-state index contributed by atoms with van der Waals surface area (Å²) < 4.78 is 5.28. The van der Waals surface area contributed by atoms with Crippen molar-refractivity contribution < 1.29 is 28.7 Å². The number of nitrogens with zero attached hydrogens (tertiary/aromatic N) is 2. The standard InChI is InChI=1S/C24H26N2O6/c1-14(22(29)17-7-8-20-16(13-17)9-11-25(20)15(2)27)32-21(28)10-12-26-23(30)18-5-3-4-6-19(18)24(26)31/h3-4,7-8,13-14,18-19H,5-6,9-12H2,1-2H3/t14-,18+,19+/m0/s1. The fourth-order valence-corrected chi connectivity index (χ4v) is 4.72. The first-order valence-electron chi connectivity index (χ1n) is 10.9. The van der Waals surface area contributed by atoms with Gasteiger partial charge in [0.25, 0.3) is 0 Å². The van der Waals surface area contributed by atoms with Gasteiger partial charge in [-0.3, -0.25) is 28.9 Å². The van der Waals surface area contributed by atoms with E-state index in [9.17, 15) is 24.0 Å². The number of carbonyl (C=O) groups excluding carboxylic acids is 5. The van der Waals surface area contributed by atoms with E-state index in [0.29, 0.717) is 31.4 Å². The first kappa shape index (κ1) is 21.9. The van der Waals surface area contributed by atoms with Crippen molar-refractivity contribution in [1.82, 2.24) is 4.90 Å². The maximum atomic E-state index is 12.7. The van der Waals surface area contributed by atoms with Gasteiger partial charge in [-0.1, -0.05) is 12.2 Å². The van der Waals surface area contributed by atoms with Gasteiger partial charge >= 0.3 is 5.97 Å². The summed E-state index contributed by atoms with van der Waals surface area (Å²) in [5, 5.41) is 0. The molecule has 1 saturated heterocycles. The van der Waals surface area contributed by atoms with Crippen LogP contribution in [0.4, 0.5) is 5.69 Å². The number of rotatable bonds is 6. The average molecular weight is 438 g/mol. The van der Waals surface area contributed by atoms with Gasteiger partial charge in [-0.05, 0) is 49.9 Å². The number of Topliss-reactive ketones (excluding diaryl/α,β-unsaturated/α-hetero) is 1. The Hall–Kier alpha value is -3.29. The third-order valence-electron chi connectivity index (χ3n) is 6.46. The monoisotopic (exact) mass is 438 g/mol. The minimum absolute atomic E-state index is 0.0376. The third kappa shape index (κ3) is 3.97. The average Bonchev–Trinajstić information content (AvgIpc) is 3.31. The molecule has 2 aliphatic heterocycles. The largest absolute Gasteiger partial charge is 0.454 e. The molecule has 0 N–H and O–H groups in total. The Morgan fingerprint density at radius 3 is 2.38 bits per heavy atom. The summed E-state index contributed by atoms with van der Waals surface area (Å²) in [5.41, 5.74) is 2.12. The highest BCUT2D eigenvalue weighted by molar-refractivity contribution is 6.05. The van der Waals surface area contributed by atoms with E-state index in [1.54, 1.807) is 23.1 Å². The van der Waals surface area contributed by atoms with Crippen LogP contribution in [-0.4, -0.2) is 53.6 Å². The van der Waals surface area contributed by atoms with Gasteiger partial charge in [0.05, 0.1) is 18.3 Å². The lowest BCUT2D eigenvalue weighted by Crippen LogP contribution is -2.34. The molecule has 0 radical (unpaired) electrons. The van der Waals surface area contributed by atoms with Crippen LogP contribution >= 0.6 is 0 Å². The minimum atomic E-state index is -0.998. The first-order valence-corrected chi connectivity index (χ1v) is 10.9. The van der Waals surface area contributed by atoms with E-state index < -0.39 is 12.1 Å².